The molecule has 161 valence electrons. The zero-order valence-electron chi connectivity index (χ0n) is 16.9. The molecular weight excluding hydrogens is 396 g/mol. The predicted molar refractivity (Wildman–Crippen MR) is 112 cm³/mol. The van der Waals surface area contributed by atoms with Gasteiger partial charge in [0.1, 0.15) is 11.8 Å². The summed E-state index contributed by atoms with van der Waals surface area (Å²) >= 11 is 1.45. The van der Waals surface area contributed by atoms with E-state index in [-0.39, 0.29) is 25.6 Å². The molecule has 29 heavy (non-hydrogen) atoms. The van der Waals surface area contributed by atoms with Gasteiger partial charge < -0.3 is 35.8 Å². The number of fused-ring (bicyclic) bond motifs is 1. The molecule has 2 atom stereocenters. The second-order valence-corrected chi connectivity index (χ2v) is 8.45. The first-order valence-electron chi connectivity index (χ1n) is 9.20. The first-order valence-corrected chi connectivity index (χ1v) is 10.2. The Balaban J connectivity index is 1.93. The first-order chi connectivity index (χ1) is 13.7. The van der Waals surface area contributed by atoms with Gasteiger partial charge in [-0.1, -0.05) is 0 Å². The molecular formula is C19H29N4O5S. The van der Waals surface area contributed by atoms with E-state index in [1.165, 1.54) is 16.7 Å². The number of aliphatic hydroxyl groups is 2. The number of β-amino-alcohol motifs (C(OH)–C–C–N with tert-alkyl or cyclic N) is 1. The number of thioether (sulfide) groups is 1. The number of benzene rings is 1. The van der Waals surface area contributed by atoms with Gasteiger partial charge in [-0.05, 0) is 32.0 Å². The van der Waals surface area contributed by atoms with E-state index in [1.54, 1.807) is 19.2 Å². The van der Waals surface area contributed by atoms with Gasteiger partial charge in [-0.15, -0.1) is 11.8 Å². The summed E-state index contributed by atoms with van der Waals surface area (Å²) in [6.45, 7) is 3.82. The number of urea groups is 1. The van der Waals surface area contributed by atoms with Crippen LogP contribution in [-0.4, -0.2) is 72.4 Å². The summed E-state index contributed by atoms with van der Waals surface area (Å²) in [5.74, 6) is 0.741. The Bertz CT molecular complexity index is 731. The van der Waals surface area contributed by atoms with Crippen LogP contribution in [-0.2, 0) is 4.79 Å². The Morgan fingerprint density at radius 2 is 2.21 bits per heavy atom. The van der Waals surface area contributed by atoms with Gasteiger partial charge in [0, 0.05) is 36.3 Å². The van der Waals surface area contributed by atoms with E-state index in [2.05, 4.69) is 23.0 Å². The lowest BCUT2D eigenvalue weighted by atomic mass is 10.1. The maximum Gasteiger partial charge on any atom is 0.315 e. The molecule has 0 bridgehead atoms. The van der Waals surface area contributed by atoms with Gasteiger partial charge in [0.05, 0.1) is 25.5 Å². The summed E-state index contributed by atoms with van der Waals surface area (Å²) < 4.78 is 5.23. The van der Waals surface area contributed by atoms with Crippen molar-refractivity contribution in [1.29, 1.82) is 0 Å². The number of hydrogen-bond acceptors (Lipinski definition) is 7. The molecule has 0 aromatic heterocycles. The number of rotatable bonds is 8. The Kier molecular flexibility index (Phi) is 8.14. The van der Waals surface area contributed by atoms with Crippen LogP contribution in [0, 0.1) is 7.05 Å². The molecule has 1 aromatic carbocycles. The average Bonchev–Trinajstić information content (AvgIpc) is 2.82. The predicted octanol–water partition coefficient (Wildman–Crippen LogP) is 0.315. The fourth-order valence-electron chi connectivity index (χ4n) is 2.65. The van der Waals surface area contributed by atoms with Crippen molar-refractivity contribution in [2.45, 2.75) is 36.4 Å². The Labute approximate surface area is 175 Å². The summed E-state index contributed by atoms with van der Waals surface area (Å²) in [6.07, 6.45) is -0.868. The highest BCUT2D eigenvalue weighted by molar-refractivity contribution is 7.99. The van der Waals surface area contributed by atoms with Gasteiger partial charge in [0.2, 0.25) is 0 Å². The number of amides is 3. The topological polar surface area (TPSA) is 123 Å². The number of ether oxygens (including phenoxy) is 1. The SMILES string of the molecule is [CH2]N1C(=O)[C@H](NC(=O)NCC(C)(C)NC[C@H](O)CO)CSc2cc(OC)ccc21. The molecule has 0 saturated carbocycles. The van der Waals surface area contributed by atoms with Crippen molar-refractivity contribution in [2.75, 3.05) is 37.5 Å². The number of carbonyl (C=O) groups is 2. The van der Waals surface area contributed by atoms with Crippen molar-refractivity contribution >= 4 is 29.4 Å². The second-order valence-electron chi connectivity index (χ2n) is 7.39. The van der Waals surface area contributed by atoms with E-state index in [9.17, 15) is 14.7 Å². The van der Waals surface area contributed by atoms with Crippen molar-refractivity contribution < 1.29 is 24.5 Å². The largest absolute Gasteiger partial charge is 0.497 e. The van der Waals surface area contributed by atoms with E-state index < -0.39 is 23.7 Å². The second kappa shape index (κ2) is 10.1. The highest BCUT2D eigenvalue weighted by Crippen LogP contribution is 2.36. The number of aliphatic hydroxyl groups excluding tert-OH is 2. The van der Waals surface area contributed by atoms with Crippen LogP contribution in [0.2, 0.25) is 0 Å². The Morgan fingerprint density at radius 1 is 1.48 bits per heavy atom. The normalized spacial score (nSPS) is 17.9. The van der Waals surface area contributed by atoms with E-state index in [0.29, 0.717) is 17.2 Å². The molecule has 1 heterocycles. The van der Waals surface area contributed by atoms with E-state index in [0.717, 1.165) is 4.90 Å². The van der Waals surface area contributed by atoms with Gasteiger partial charge in [0.25, 0.3) is 5.91 Å². The third kappa shape index (κ3) is 6.49. The van der Waals surface area contributed by atoms with Crippen LogP contribution in [0.5, 0.6) is 5.75 Å². The van der Waals surface area contributed by atoms with E-state index in [1.807, 2.05) is 19.9 Å². The minimum atomic E-state index is -0.868. The minimum Gasteiger partial charge on any atom is -0.497 e. The third-order valence-electron chi connectivity index (χ3n) is 4.45. The van der Waals surface area contributed by atoms with E-state index >= 15 is 0 Å². The highest BCUT2D eigenvalue weighted by atomic mass is 32.2. The van der Waals surface area contributed by atoms with Crippen LogP contribution in [0.3, 0.4) is 0 Å². The fourth-order valence-corrected chi connectivity index (χ4v) is 3.74. The molecule has 10 heteroatoms. The number of methoxy groups -OCH3 is 1. The smallest absolute Gasteiger partial charge is 0.315 e. The number of nitrogens with one attached hydrogen (secondary N) is 3. The standard InChI is InChI=1S/C19H29N4O5S/c1-19(2,21-8-12(25)9-24)11-20-18(27)22-14-10-29-16-7-13(28-4)5-6-15(16)23(3)17(14)26/h5-7,12,14,21,24-25H,3,8-11H2,1-2,4H3,(H2,20,22,27)/t12-,14+/m0/s1. The van der Waals surface area contributed by atoms with Crippen molar-refractivity contribution in [3.8, 4) is 5.75 Å². The lowest BCUT2D eigenvalue weighted by Crippen LogP contribution is -2.56. The molecule has 1 aliphatic rings. The molecule has 2 rings (SSSR count). The number of hydrogen-bond donors (Lipinski definition) is 5. The monoisotopic (exact) mass is 425 g/mol. The molecule has 1 aliphatic heterocycles. The summed E-state index contributed by atoms with van der Waals surface area (Å²) in [6, 6.07) is 4.15. The first kappa shape index (κ1) is 23.3. The van der Waals surface area contributed by atoms with Gasteiger partial charge in [0.15, 0.2) is 0 Å². The average molecular weight is 426 g/mol. The maximum absolute atomic E-state index is 12.7. The molecule has 0 spiro atoms. The zero-order chi connectivity index (χ0) is 21.6. The fraction of sp³-hybridized carbons (Fsp3) is 0.526. The van der Waals surface area contributed by atoms with Crippen molar-refractivity contribution in [1.82, 2.24) is 16.0 Å². The Hall–Kier alpha value is -2.01. The lowest BCUT2D eigenvalue weighted by molar-refractivity contribution is -0.119. The molecule has 9 nitrogen and oxygen atoms in total. The van der Waals surface area contributed by atoms with Crippen LogP contribution in [0.15, 0.2) is 23.1 Å². The van der Waals surface area contributed by atoms with Crippen molar-refractivity contribution in [2.24, 2.45) is 0 Å². The van der Waals surface area contributed by atoms with Gasteiger partial charge in [-0.3, -0.25) is 4.79 Å². The highest BCUT2D eigenvalue weighted by Gasteiger charge is 2.30. The molecule has 3 amide bonds. The van der Waals surface area contributed by atoms with Crippen LogP contribution >= 0.6 is 11.8 Å². The number of anilines is 1. The van der Waals surface area contributed by atoms with Crippen LogP contribution in [0.4, 0.5) is 10.5 Å². The summed E-state index contributed by atoms with van der Waals surface area (Å²) in [4.78, 5) is 27.2. The van der Waals surface area contributed by atoms with Crippen molar-refractivity contribution in [3.63, 3.8) is 0 Å². The maximum atomic E-state index is 12.7. The summed E-state index contributed by atoms with van der Waals surface area (Å²) in [5, 5.41) is 26.8. The quantitative estimate of drug-likeness (QED) is 0.406. The van der Waals surface area contributed by atoms with E-state index in [4.69, 9.17) is 9.84 Å². The third-order valence-corrected chi connectivity index (χ3v) is 5.59. The molecule has 0 unspecified atom stereocenters. The van der Waals surface area contributed by atoms with Crippen LogP contribution < -0.4 is 25.6 Å². The van der Waals surface area contributed by atoms with Gasteiger partial charge in [-0.25, -0.2) is 4.79 Å². The molecule has 0 aliphatic carbocycles. The van der Waals surface area contributed by atoms with Crippen LogP contribution in [0.25, 0.3) is 0 Å². The zero-order valence-corrected chi connectivity index (χ0v) is 17.7. The molecule has 5 N–H and O–H groups in total. The Morgan fingerprint density at radius 3 is 2.86 bits per heavy atom. The number of carbonyl (C=O) groups excluding carboxylic acids is 2. The van der Waals surface area contributed by atoms with Gasteiger partial charge in [-0.2, -0.15) is 0 Å². The molecule has 1 aromatic rings. The molecule has 1 radical (unpaired) electrons. The lowest BCUT2D eigenvalue weighted by Gasteiger charge is -2.28. The summed E-state index contributed by atoms with van der Waals surface area (Å²) in [5.41, 5.74) is 0.152. The van der Waals surface area contributed by atoms with Crippen LogP contribution in [0.1, 0.15) is 13.8 Å². The van der Waals surface area contributed by atoms with Gasteiger partial charge >= 0.3 is 6.03 Å². The minimum absolute atomic E-state index is 0.197. The number of nitrogens with zero attached hydrogens (tertiary/aromatic N) is 1. The van der Waals surface area contributed by atoms with Crippen molar-refractivity contribution in [3.05, 3.63) is 25.2 Å². The molecule has 0 saturated heterocycles. The summed E-state index contributed by atoms with van der Waals surface area (Å²) in [7, 11) is 5.41. The molecule has 0 fully saturated rings.